The molecule has 1 aliphatic heterocycles. The predicted octanol–water partition coefficient (Wildman–Crippen LogP) is 3.80. The van der Waals surface area contributed by atoms with E-state index in [9.17, 15) is 4.79 Å². The molecule has 22 heavy (non-hydrogen) atoms. The van der Waals surface area contributed by atoms with Gasteiger partial charge in [0.15, 0.2) is 11.9 Å². The van der Waals surface area contributed by atoms with Crippen molar-refractivity contribution in [3.8, 4) is 18.1 Å². The Morgan fingerprint density at radius 1 is 1.36 bits per heavy atom. The van der Waals surface area contributed by atoms with E-state index in [1.165, 1.54) is 0 Å². The van der Waals surface area contributed by atoms with Crippen molar-refractivity contribution < 1.29 is 9.15 Å². The maximum Gasteiger partial charge on any atom is 0.235 e. The summed E-state index contributed by atoms with van der Waals surface area (Å²) < 4.78 is 11.7. The molecule has 1 aliphatic carbocycles. The molecule has 2 atom stereocenters. The second kappa shape index (κ2) is 4.79. The molecule has 1 aromatic heterocycles. The third-order valence-corrected chi connectivity index (χ3v) is 4.22. The number of allylic oxidation sites excluding steroid dienone is 2. The fourth-order valence-corrected chi connectivity index (χ4v) is 3.13. The SMILES string of the molecule is C#CC1Oc2c(oc3ccc(Cl)cc3c2=O)C2=CCC=CC21. The van der Waals surface area contributed by atoms with Gasteiger partial charge in [0.2, 0.25) is 11.2 Å². The van der Waals surface area contributed by atoms with Gasteiger partial charge in [-0.2, -0.15) is 0 Å². The smallest absolute Gasteiger partial charge is 0.235 e. The van der Waals surface area contributed by atoms with E-state index in [1.807, 2.05) is 18.2 Å². The Hall–Kier alpha value is -2.44. The number of rotatable bonds is 0. The van der Waals surface area contributed by atoms with E-state index < -0.39 is 6.10 Å². The lowest BCUT2D eigenvalue weighted by Crippen LogP contribution is -2.33. The first-order valence-electron chi connectivity index (χ1n) is 6.95. The van der Waals surface area contributed by atoms with Crippen LogP contribution in [-0.2, 0) is 0 Å². The van der Waals surface area contributed by atoms with Crippen LogP contribution in [0.3, 0.4) is 0 Å². The minimum Gasteiger partial charge on any atom is -0.469 e. The molecule has 0 N–H and O–H groups in total. The van der Waals surface area contributed by atoms with Gasteiger partial charge < -0.3 is 9.15 Å². The maximum atomic E-state index is 12.7. The quantitative estimate of drug-likeness (QED) is 0.549. The number of terminal acetylenes is 1. The first-order chi connectivity index (χ1) is 10.7. The number of ether oxygens (including phenoxy) is 1. The average molecular weight is 311 g/mol. The van der Waals surface area contributed by atoms with Crippen LogP contribution in [0.4, 0.5) is 0 Å². The Morgan fingerprint density at radius 2 is 2.23 bits per heavy atom. The molecule has 2 aliphatic rings. The molecule has 2 heterocycles. The monoisotopic (exact) mass is 310 g/mol. The summed E-state index contributed by atoms with van der Waals surface area (Å²) >= 11 is 5.97. The second-order valence-corrected chi connectivity index (χ2v) is 5.72. The van der Waals surface area contributed by atoms with Crippen molar-refractivity contribution in [1.29, 1.82) is 0 Å². The highest BCUT2D eigenvalue weighted by molar-refractivity contribution is 6.31. The minimum atomic E-state index is -0.505. The normalized spacial score (nSPS) is 22.3. The van der Waals surface area contributed by atoms with Crippen LogP contribution in [0.5, 0.6) is 5.75 Å². The third kappa shape index (κ3) is 1.81. The summed E-state index contributed by atoms with van der Waals surface area (Å²) in [6.07, 6.45) is 11.9. The van der Waals surface area contributed by atoms with Gasteiger partial charge in [-0.3, -0.25) is 4.79 Å². The van der Waals surface area contributed by atoms with Gasteiger partial charge in [-0.25, -0.2) is 0 Å². The minimum absolute atomic E-state index is 0.0841. The highest BCUT2D eigenvalue weighted by Gasteiger charge is 2.36. The Labute approximate surface area is 131 Å². The van der Waals surface area contributed by atoms with Crippen LogP contribution >= 0.6 is 11.6 Å². The van der Waals surface area contributed by atoms with Crippen LogP contribution in [0.25, 0.3) is 16.5 Å². The lowest BCUT2D eigenvalue weighted by Gasteiger charge is -2.31. The Bertz CT molecular complexity index is 943. The van der Waals surface area contributed by atoms with Crippen LogP contribution in [0.2, 0.25) is 5.02 Å². The van der Waals surface area contributed by atoms with Crippen molar-refractivity contribution >= 4 is 28.1 Å². The molecule has 4 rings (SSSR count). The zero-order chi connectivity index (χ0) is 15.3. The van der Waals surface area contributed by atoms with E-state index in [-0.39, 0.29) is 17.1 Å². The lowest BCUT2D eigenvalue weighted by atomic mass is 9.84. The van der Waals surface area contributed by atoms with Crippen LogP contribution in [0, 0.1) is 18.3 Å². The van der Waals surface area contributed by atoms with Gasteiger partial charge in [0.1, 0.15) is 5.58 Å². The van der Waals surface area contributed by atoms with E-state index in [2.05, 4.69) is 5.92 Å². The van der Waals surface area contributed by atoms with E-state index in [4.69, 9.17) is 27.2 Å². The second-order valence-electron chi connectivity index (χ2n) is 5.28. The van der Waals surface area contributed by atoms with Crippen LogP contribution in [0.1, 0.15) is 12.2 Å². The molecular weight excluding hydrogens is 300 g/mol. The summed E-state index contributed by atoms with van der Waals surface area (Å²) in [7, 11) is 0. The summed E-state index contributed by atoms with van der Waals surface area (Å²) in [5.74, 6) is 3.17. The van der Waals surface area contributed by atoms with Crippen molar-refractivity contribution in [1.82, 2.24) is 0 Å². The van der Waals surface area contributed by atoms with Crippen LogP contribution in [-0.4, -0.2) is 6.10 Å². The molecule has 2 aromatic rings. The molecule has 0 radical (unpaired) electrons. The fourth-order valence-electron chi connectivity index (χ4n) is 2.95. The highest BCUT2D eigenvalue weighted by atomic mass is 35.5. The first-order valence-corrected chi connectivity index (χ1v) is 7.33. The van der Waals surface area contributed by atoms with Gasteiger partial charge in [0.25, 0.3) is 0 Å². The topological polar surface area (TPSA) is 39.4 Å². The predicted molar refractivity (Wildman–Crippen MR) is 86.0 cm³/mol. The zero-order valence-electron chi connectivity index (χ0n) is 11.5. The van der Waals surface area contributed by atoms with E-state index in [1.54, 1.807) is 18.2 Å². The fraction of sp³-hybridized carbons (Fsp3) is 0.167. The summed E-state index contributed by atoms with van der Waals surface area (Å²) in [4.78, 5) is 12.7. The van der Waals surface area contributed by atoms with Gasteiger partial charge in [-0.1, -0.05) is 35.7 Å². The Kier molecular flexibility index (Phi) is 2.88. The molecule has 1 aromatic carbocycles. The average Bonchev–Trinajstić information content (AvgIpc) is 2.55. The molecule has 0 saturated carbocycles. The third-order valence-electron chi connectivity index (χ3n) is 3.98. The van der Waals surface area contributed by atoms with Gasteiger partial charge in [-0.05, 0) is 24.6 Å². The number of fused-ring (bicyclic) bond motifs is 4. The molecule has 0 spiro atoms. The number of hydrogen-bond acceptors (Lipinski definition) is 3. The van der Waals surface area contributed by atoms with Gasteiger partial charge >= 0.3 is 0 Å². The maximum absolute atomic E-state index is 12.7. The molecule has 108 valence electrons. The number of hydrogen-bond donors (Lipinski definition) is 0. The highest BCUT2D eigenvalue weighted by Crippen LogP contribution is 2.41. The van der Waals surface area contributed by atoms with Crippen molar-refractivity contribution in [2.75, 3.05) is 0 Å². The van der Waals surface area contributed by atoms with Crippen LogP contribution < -0.4 is 10.2 Å². The first kappa shape index (κ1) is 13.2. The van der Waals surface area contributed by atoms with E-state index >= 15 is 0 Å². The molecule has 3 nitrogen and oxygen atoms in total. The van der Waals surface area contributed by atoms with E-state index in [0.717, 1.165) is 12.0 Å². The number of benzene rings is 1. The van der Waals surface area contributed by atoms with Crippen molar-refractivity contribution in [2.45, 2.75) is 12.5 Å². The van der Waals surface area contributed by atoms with E-state index in [0.29, 0.717) is 21.8 Å². The summed E-state index contributed by atoms with van der Waals surface area (Å²) in [6, 6.07) is 4.97. The van der Waals surface area contributed by atoms with Crippen molar-refractivity contribution in [3.63, 3.8) is 0 Å². The summed E-state index contributed by atoms with van der Waals surface area (Å²) in [5.41, 5.74) is 1.17. The van der Waals surface area contributed by atoms with Gasteiger partial charge in [0.05, 0.1) is 11.3 Å². The summed E-state index contributed by atoms with van der Waals surface area (Å²) in [5, 5.41) is 0.870. The Morgan fingerprint density at radius 3 is 3.05 bits per heavy atom. The largest absolute Gasteiger partial charge is 0.469 e. The lowest BCUT2D eigenvalue weighted by molar-refractivity contribution is 0.211. The van der Waals surface area contributed by atoms with Crippen LogP contribution in [0.15, 0.2) is 45.6 Å². The molecule has 2 unspecified atom stereocenters. The Balaban J connectivity index is 2.04. The molecular formula is C18H11ClO3. The van der Waals surface area contributed by atoms with Gasteiger partial charge in [0, 0.05) is 10.6 Å². The molecule has 0 saturated heterocycles. The zero-order valence-corrected chi connectivity index (χ0v) is 12.3. The van der Waals surface area contributed by atoms with Gasteiger partial charge in [-0.15, -0.1) is 6.42 Å². The number of halogens is 1. The molecule has 0 amide bonds. The molecule has 4 heteroatoms. The standard InChI is InChI=1S/C18H11ClO3/c1-2-14-11-5-3-4-6-12(11)17-18(21-14)16(20)13-9-10(19)7-8-15(13)22-17/h1,3,5-9,11,14H,4H2. The summed E-state index contributed by atoms with van der Waals surface area (Å²) in [6.45, 7) is 0. The molecule has 0 bridgehead atoms. The van der Waals surface area contributed by atoms with Crippen molar-refractivity contribution in [3.05, 3.63) is 57.4 Å². The molecule has 0 fully saturated rings. The van der Waals surface area contributed by atoms with Crippen molar-refractivity contribution in [2.24, 2.45) is 5.92 Å².